The highest BCUT2D eigenvalue weighted by Crippen LogP contribution is 2.25. The van der Waals surface area contributed by atoms with Crippen LogP contribution in [0.3, 0.4) is 0 Å². The Morgan fingerprint density at radius 2 is 1.72 bits per heavy atom. The van der Waals surface area contributed by atoms with Crippen molar-refractivity contribution in [3.63, 3.8) is 0 Å². The summed E-state index contributed by atoms with van der Waals surface area (Å²) in [5.41, 5.74) is 0.946. The van der Waals surface area contributed by atoms with Crippen LogP contribution in [0.1, 0.15) is 18.9 Å². The van der Waals surface area contributed by atoms with Crippen LogP contribution in [0.2, 0.25) is 5.02 Å². The average Bonchev–Trinajstić information content (AvgIpc) is 3.26. The highest BCUT2D eigenvalue weighted by atomic mass is 35.5. The summed E-state index contributed by atoms with van der Waals surface area (Å²) in [6.07, 6.45) is 0. The van der Waals surface area contributed by atoms with Crippen molar-refractivity contribution < 1.29 is 9.15 Å². The van der Waals surface area contributed by atoms with Gasteiger partial charge in [-0.15, -0.1) is 10.2 Å². The molecule has 0 amide bonds. The summed E-state index contributed by atoms with van der Waals surface area (Å²) >= 11 is 6.13. The van der Waals surface area contributed by atoms with E-state index in [1.807, 2.05) is 54.6 Å². The van der Waals surface area contributed by atoms with Crippen LogP contribution < -0.4 is 4.74 Å². The van der Waals surface area contributed by atoms with Gasteiger partial charge in [0.15, 0.2) is 0 Å². The second-order valence-corrected chi connectivity index (χ2v) is 7.55. The summed E-state index contributed by atoms with van der Waals surface area (Å²) in [6, 6.07) is 17.5. The van der Waals surface area contributed by atoms with Gasteiger partial charge in [-0.25, -0.2) is 0 Å². The number of rotatable bonds is 7. The fourth-order valence-electron chi connectivity index (χ4n) is 3.48. The first-order chi connectivity index (χ1) is 14.2. The average molecular weight is 413 g/mol. The molecule has 6 nitrogen and oxygen atoms in total. The normalized spacial score (nSPS) is 16.6. The summed E-state index contributed by atoms with van der Waals surface area (Å²) in [6.45, 7) is 7.51. The van der Waals surface area contributed by atoms with E-state index in [2.05, 4.69) is 26.9 Å². The molecule has 0 N–H and O–H groups in total. The Labute approximate surface area is 176 Å². The summed E-state index contributed by atoms with van der Waals surface area (Å²) in [7, 11) is 0. The number of para-hydroxylation sites is 1. The van der Waals surface area contributed by atoms with E-state index in [0.29, 0.717) is 23.4 Å². The fourth-order valence-corrected chi connectivity index (χ4v) is 3.67. The number of piperazine rings is 1. The van der Waals surface area contributed by atoms with Crippen molar-refractivity contribution in [2.75, 3.05) is 39.3 Å². The van der Waals surface area contributed by atoms with Crippen molar-refractivity contribution in [1.29, 1.82) is 0 Å². The van der Waals surface area contributed by atoms with Gasteiger partial charge in [0.2, 0.25) is 11.8 Å². The van der Waals surface area contributed by atoms with Crippen LogP contribution >= 0.6 is 11.6 Å². The molecule has 1 aromatic heterocycles. The molecule has 1 aliphatic heterocycles. The molecule has 29 heavy (non-hydrogen) atoms. The van der Waals surface area contributed by atoms with Crippen molar-refractivity contribution in [3.8, 4) is 17.2 Å². The van der Waals surface area contributed by atoms with E-state index in [1.165, 1.54) is 0 Å². The largest absolute Gasteiger partial charge is 0.491 e. The number of halogens is 1. The first-order valence-corrected chi connectivity index (χ1v) is 10.3. The maximum Gasteiger partial charge on any atom is 0.247 e. The quantitative estimate of drug-likeness (QED) is 0.581. The van der Waals surface area contributed by atoms with E-state index >= 15 is 0 Å². The molecule has 0 radical (unpaired) electrons. The van der Waals surface area contributed by atoms with Gasteiger partial charge in [0.1, 0.15) is 12.4 Å². The number of ether oxygens (including phenoxy) is 1. The van der Waals surface area contributed by atoms with E-state index in [4.69, 9.17) is 20.8 Å². The van der Waals surface area contributed by atoms with Crippen molar-refractivity contribution in [2.24, 2.45) is 0 Å². The molecule has 1 saturated heterocycles. The zero-order valence-electron chi connectivity index (χ0n) is 16.5. The minimum atomic E-state index is 0.0986. The van der Waals surface area contributed by atoms with Crippen LogP contribution in [0.5, 0.6) is 5.75 Å². The van der Waals surface area contributed by atoms with E-state index in [9.17, 15) is 0 Å². The van der Waals surface area contributed by atoms with E-state index in [1.54, 1.807) is 0 Å². The molecule has 2 aromatic carbocycles. The Balaban J connectivity index is 1.25. The zero-order valence-corrected chi connectivity index (χ0v) is 17.3. The molecule has 1 fully saturated rings. The molecule has 4 rings (SSSR count). The molecule has 7 heteroatoms. The van der Waals surface area contributed by atoms with E-state index in [-0.39, 0.29) is 6.04 Å². The summed E-state index contributed by atoms with van der Waals surface area (Å²) in [4.78, 5) is 4.79. The second-order valence-electron chi connectivity index (χ2n) is 7.14. The van der Waals surface area contributed by atoms with Gasteiger partial charge >= 0.3 is 0 Å². The lowest BCUT2D eigenvalue weighted by molar-refractivity contribution is 0.0827. The van der Waals surface area contributed by atoms with Crippen molar-refractivity contribution in [1.82, 2.24) is 20.0 Å². The Morgan fingerprint density at radius 3 is 2.48 bits per heavy atom. The van der Waals surface area contributed by atoms with Crippen molar-refractivity contribution in [2.45, 2.75) is 13.0 Å². The summed E-state index contributed by atoms with van der Waals surface area (Å²) < 4.78 is 11.7. The number of nitrogens with zero attached hydrogens (tertiary/aromatic N) is 4. The smallest absolute Gasteiger partial charge is 0.247 e. The zero-order chi connectivity index (χ0) is 20.1. The van der Waals surface area contributed by atoms with Gasteiger partial charge in [-0.2, -0.15) is 0 Å². The van der Waals surface area contributed by atoms with Gasteiger partial charge in [0.25, 0.3) is 0 Å². The van der Waals surface area contributed by atoms with Crippen LogP contribution in [0.25, 0.3) is 11.5 Å². The lowest BCUT2D eigenvalue weighted by Gasteiger charge is -2.36. The molecule has 3 aromatic rings. The van der Waals surface area contributed by atoms with Crippen LogP contribution in [0, 0.1) is 0 Å². The lowest BCUT2D eigenvalue weighted by Crippen LogP contribution is -2.48. The summed E-state index contributed by atoms with van der Waals surface area (Å²) in [5, 5.41) is 9.14. The van der Waals surface area contributed by atoms with Crippen LogP contribution in [-0.4, -0.2) is 59.3 Å². The molecule has 1 atom stereocenters. The third-order valence-corrected chi connectivity index (χ3v) is 5.59. The maximum atomic E-state index is 6.13. The van der Waals surface area contributed by atoms with Crippen molar-refractivity contribution in [3.05, 3.63) is 65.5 Å². The number of aromatic nitrogens is 2. The number of benzene rings is 2. The number of hydrogen-bond acceptors (Lipinski definition) is 6. The van der Waals surface area contributed by atoms with Gasteiger partial charge in [-0.1, -0.05) is 41.9 Å². The third kappa shape index (κ3) is 4.96. The molecule has 0 saturated carbocycles. The monoisotopic (exact) mass is 412 g/mol. The van der Waals surface area contributed by atoms with Gasteiger partial charge in [0.05, 0.1) is 11.1 Å². The molecule has 152 valence electrons. The standard InChI is InChI=1S/C22H25ClN4O2/c1-17(21-24-25-22(29-21)18-7-3-2-4-8-18)27-13-11-26(12-14-27)15-16-28-20-10-6-5-9-19(20)23/h2-10,17H,11-16H2,1H3. The summed E-state index contributed by atoms with van der Waals surface area (Å²) in [5.74, 6) is 1.98. The molecular formula is C22H25ClN4O2. The molecule has 0 spiro atoms. The van der Waals surface area contributed by atoms with E-state index < -0.39 is 0 Å². The molecule has 0 aliphatic carbocycles. The SMILES string of the molecule is CC(c1nnc(-c2ccccc2)o1)N1CCN(CCOc2ccccc2Cl)CC1. The first-order valence-electron chi connectivity index (χ1n) is 9.93. The predicted molar refractivity (Wildman–Crippen MR) is 113 cm³/mol. The fraction of sp³-hybridized carbons (Fsp3) is 0.364. The topological polar surface area (TPSA) is 54.6 Å². The first kappa shape index (κ1) is 19.9. The molecular weight excluding hydrogens is 388 g/mol. The number of hydrogen-bond donors (Lipinski definition) is 0. The van der Waals surface area contributed by atoms with E-state index in [0.717, 1.165) is 44.0 Å². The lowest BCUT2D eigenvalue weighted by atomic mass is 10.2. The second kappa shape index (κ2) is 9.39. The highest BCUT2D eigenvalue weighted by Gasteiger charge is 2.25. The van der Waals surface area contributed by atoms with Gasteiger partial charge < -0.3 is 9.15 Å². The van der Waals surface area contributed by atoms with Crippen molar-refractivity contribution >= 4 is 11.6 Å². The van der Waals surface area contributed by atoms with Crippen LogP contribution in [0.4, 0.5) is 0 Å². The molecule has 2 heterocycles. The molecule has 1 aliphatic rings. The molecule has 0 bridgehead atoms. The Hall–Kier alpha value is -2.41. The Bertz CT molecular complexity index is 910. The predicted octanol–water partition coefficient (Wildman–Crippen LogP) is 4.15. The van der Waals surface area contributed by atoms with Gasteiger partial charge in [-0.05, 0) is 31.2 Å². The Kier molecular flexibility index (Phi) is 6.44. The van der Waals surface area contributed by atoms with Crippen LogP contribution in [0.15, 0.2) is 59.0 Å². The minimum Gasteiger partial charge on any atom is -0.491 e. The maximum absolute atomic E-state index is 6.13. The van der Waals surface area contributed by atoms with Crippen LogP contribution in [-0.2, 0) is 0 Å². The van der Waals surface area contributed by atoms with Gasteiger partial charge in [-0.3, -0.25) is 9.80 Å². The Morgan fingerprint density at radius 1 is 1.00 bits per heavy atom. The third-order valence-electron chi connectivity index (χ3n) is 5.28. The molecule has 1 unspecified atom stereocenters. The highest BCUT2D eigenvalue weighted by molar-refractivity contribution is 6.32. The minimum absolute atomic E-state index is 0.0986. The van der Waals surface area contributed by atoms with Gasteiger partial charge in [0, 0.05) is 38.3 Å².